The first kappa shape index (κ1) is 9.45. The molecule has 1 N–H and O–H groups in total. The van der Waals surface area contributed by atoms with E-state index in [1.54, 1.807) is 35.3 Å². The second-order valence-corrected chi connectivity index (χ2v) is 3.21. The van der Waals surface area contributed by atoms with Crippen molar-refractivity contribution in [2.24, 2.45) is 0 Å². The van der Waals surface area contributed by atoms with Crippen LogP contribution in [0.15, 0.2) is 36.7 Å². The Morgan fingerprint density at radius 1 is 1.47 bits per heavy atom. The second-order valence-electron chi connectivity index (χ2n) is 3.21. The van der Waals surface area contributed by atoms with Gasteiger partial charge in [0.1, 0.15) is 5.75 Å². The first-order chi connectivity index (χ1) is 7.18. The van der Waals surface area contributed by atoms with Crippen molar-refractivity contribution >= 4 is 5.78 Å². The highest BCUT2D eigenvalue weighted by Crippen LogP contribution is 2.20. The molecule has 0 atom stereocenters. The molecule has 0 spiro atoms. The fourth-order valence-corrected chi connectivity index (χ4v) is 1.37. The average molecular weight is 202 g/mol. The largest absolute Gasteiger partial charge is 0.507 e. The number of hydrogen-bond donors (Lipinski definition) is 1. The molecule has 0 amide bonds. The van der Waals surface area contributed by atoms with Crippen molar-refractivity contribution in [2.75, 3.05) is 0 Å². The number of aromatic nitrogens is 2. The Labute approximate surface area is 86.8 Å². The summed E-state index contributed by atoms with van der Waals surface area (Å²) in [7, 11) is 0. The van der Waals surface area contributed by atoms with Gasteiger partial charge >= 0.3 is 0 Å². The molecule has 0 saturated carbocycles. The Hall–Kier alpha value is -2.10. The van der Waals surface area contributed by atoms with E-state index in [1.807, 2.05) is 0 Å². The molecule has 15 heavy (non-hydrogen) atoms. The van der Waals surface area contributed by atoms with Crippen LogP contribution < -0.4 is 0 Å². The predicted octanol–water partition coefficient (Wildman–Crippen LogP) is 1.78. The molecule has 2 rings (SSSR count). The molecule has 1 aromatic carbocycles. The fraction of sp³-hybridized carbons (Fsp3) is 0.0909. The summed E-state index contributed by atoms with van der Waals surface area (Å²) < 4.78 is 1.63. The Bertz CT molecular complexity index is 489. The summed E-state index contributed by atoms with van der Waals surface area (Å²) in [6.07, 6.45) is 3.43. The smallest absolute Gasteiger partial charge is 0.163 e. The molecule has 0 aliphatic carbocycles. The number of carbonyl (C=O) groups is 1. The second kappa shape index (κ2) is 3.57. The van der Waals surface area contributed by atoms with Crippen LogP contribution in [0.1, 0.15) is 17.3 Å². The molecule has 1 heterocycles. The highest BCUT2D eigenvalue weighted by Gasteiger charge is 2.08. The van der Waals surface area contributed by atoms with E-state index in [9.17, 15) is 9.90 Å². The maximum atomic E-state index is 11.2. The van der Waals surface area contributed by atoms with Crippen LogP contribution in [0.2, 0.25) is 0 Å². The molecule has 0 aliphatic rings. The Balaban J connectivity index is 2.52. The summed E-state index contributed by atoms with van der Waals surface area (Å²) in [6, 6.07) is 6.60. The number of aromatic hydroxyl groups is 1. The molecule has 0 saturated heterocycles. The molecular formula is C11H10N2O2. The summed E-state index contributed by atoms with van der Waals surface area (Å²) >= 11 is 0. The van der Waals surface area contributed by atoms with E-state index in [-0.39, 0.29) is 11.5 Å². The Morgan fingerprint density at radius 2 is 2.27 bits per heavy atom. The van der Waals surface area contributed by atoms with E-state index in [2.05, 4.69) is 5.10 Å². The highest BCUT2D eigenvalue weighted by atomic mass is 16.3. The Morgan fingerprint density at radius 3 is 2.87 bits per heavy atom. The quantitative estimate of drug-likeness (QED) is 0.755. The lowest BCUT2D eigenvalue weighted by atomic mass is 10.1. The average Bonchev–Trinajstić information content (AvgIpc) is 2.71. The number of phenolic OH excluding ortho intramolecular Hbond substituents is 1. The maximum absolute atomic E-state index is 11.2. The monoisotopic (exact) mass is 202 g/mol. The minimum atomic E-state index is -0.165. The standard InChI is InChI=1S/C11H10N2O2/c1-8(14)10-7-9(3-4-11(10)15)13-6-2-5-12-13/h2-7,15H,1H3. The van der Waals surface area contributed by atoms with Gasteiger partial charge in [-0.3, -0.25) is 4.79 Å². The van der Waals surface area contributed by atoms with Crippen molar-refractivity contribution in [3.05, 3.63) is 42.2 Å². The van der Waals surface area contributed by atoms with Crippen LogP contribution in [0.5, 0.6) is 5.75 Å². The van der Waals surface area contributed by atoms with Crippen LogP contribution in [-0.2, 0) is 0 Å². The van der Waals surface area contributed by atoms with E-state index in [0.29, 0.717) is 5.56 Å². The van der Waals surface area contributed by atoms with Gasteiger partial charge in [-0.1, -0.05) is 0 Å². The zero-order valence-electron chi connectivity index (χ0n) is 8.21. The lowest BCUT2D eigenvalue weighted by Crippen LogP contribution is -1.98. The molecule has 4 heteroatoms. The third-order valence-electron chi connectivity index (χ3n) is 2.13. The summed E-state index contributed by atoms with van der Waals surface area (Å²) in [5, 5.41) is 13.5. The van der Waals surface area contributed by atoms with Gasteiger partial charge in [0.05, 0.1) is 11.3 Å². The van der Waals surface area contributed by atoms with Crippen molar-refractivity contribution < 1.29 is 9.90 Å². The van der Waals surface area contributed by atoms with Crippen molar-refractivity contribution in [3.8, 4) is 11.4 Å². The SMILES string of the molecule is CC(=O)c1cc(-n2cccn2)ccc1O. The minimum Gasteiger partial charge on any atom is -0.507 e. The number of ketones is 1. The number of rotatable bonds is 2. The third-order valence-corrected chi connectivity index (χ3v) is 2.13. The molecule has 0 radical (unpaired) electrons. The van der Waals surface area contributed by atoms with Crippen LogP contribution in [0.4, 0.5) is 0 Å². The number of carbonyl (C=O) groups excluding carboxylic acids is 1. The van der Waals surface area contributed by atoms with Gasteiger partial charge in [0.15, 0.2) is 5.78 Å². The number of phenols is 1. The van der Waals surface area contributed by atoms with Crippen molar-refractivity contribution in [1.29, 1.82) is 0 Å². The molecule has 1 aromatic heterocycles. The van der Waals surface area contributed by atoms with Gasteiger partial charge < -0.3 is 5.11 Å². The molecule has 4 nitrogen and oxygen atoms in total. The van der Waals surface area contributed by atoms with Gasteiger partial charge in [-0.25, -0.2) is 4.68 Å². The first-order valence-corrected chi connectivity index (χ1v) is 4.52. The topological polar surface area (TPSA) is 55.1 Å². The van der Waals surface area contributed by atoms with Gasteiger partial charge in [0, 0.05) is 12.4 Å². The number of hydrogen-bond acceptors (Lipinski definition) is 3. The van der Waals surface area contributed by atoms with E-state index in [4.69, 9.17) is 0 Å². The predicted molar refractivity (Wildman–Crippen MR) is 55.2 cm³/mol. The van der Waals surface area contributed by atoms with E-state index in [1.165, 1.54) is 13.0 Å². The van der Waals surface area contributed by atoms with Crippen LogP contribution in [0.25, 0.3) is 5.69 Å². The molecule has 0 fully saturated rings. The van der Waals surface area contributed by atoms with Gasteiger partial charge in [-0.2, -0.15) is 5.10 Å². The van der Waals surface area contributed by atoms with E-state index >= 15 is 0 Å². The minimum absolute atomic E-state index is 0.00148. The van der Waals surface area contributed by atoms with Crippen LogP contribution in [-0.4, -0.2) is 20.7 Å². The summed E-state index contributed by atoms with van der Waals surface area (Å²) in [4.78, 5) is 11.2. The highest BCUT2D eigenvalue weighted by molar-refractivity contribution is 5.97. The van der Waals surface area contributed by atoms with Crippen molar-refractivity contribution in [1.82, 2.24) is 9.78 Å². The summed E-state index contributed by atoms with van der Waals surface area (Å²) in [5.74, 6) is -0.167. The van der Waals surface area contributed by atoms with Crippen LogP contribution >= 0.6 is 0 Å². The van der Waals surface area contributed by atoms with Crippen molar-refractivity contribution in [3.63, 3.8) is 0 Å². The van der Waals surface area contributed by atoms with Gasteiger partial charge in [0.25, 0.3) is 0 Å². The molecule has 0 unspecified atom stereocenters. The van der Waals surface area contributed by atoms with E-state index in [0.717, 1.165) is 5.69 Å². The fourth-order valence-electron chi connectivity index (χ4n) is 1.37. The lowest BCUT2D eigenvalue weighted by molar-refractivity contribution is 0.101. The van der Waals surface area contributed by atoms with Crippen LogP contribution in [0, 0.1) is 0 Å². The van der Waals surface area contributed by atoms with E-state index < -0.39 is 0 Å². The Kier molecular flexibility index (Phi) is 2.25. The van der Waals surface area contributed by atoms with Gasteiger partial charge in [-0.15, -0.1) is 0 Å². The van der Waals surface area contributed by atoms with Crippen molar-refractivity contribution in [2.45, 2.75) is 6.92 Å². The van der Waals surface area contributed by atoms with Gasteiger partial charge in [0.2, 0.25) is 0 Å². The molecule has 0 aliphatic heterocycles. The summed E-state index contributed by atoms with van der Waals surface area (Å²) in [6.45, 7) is 1.42. The number of benzene rings is 1. The summed E-state index contributed by atoms with van der Waals surface area (Å²) in [5.41, 5.74) is 1.06. The molecular weight excluding hydrogens is 192 g/mol. The zero-order chi connectivity index (χ0) is 10.8. The molecule has 0 bridgehead atoms. The zero-order valence-corrected chi connectivity index (χ0v) is 8.21. The number of nitrogens with zero attached hydrogens (tertiary/aromatic N) is 2. The molecule has 2 aromatic rings. The van der Waals surface area contributed by atoms with Gasteiger partial charge in [-0.05, 0) is 31.2 Å². The molecule has 76 valence electrons. The number of Topliss-reactive ketones (excluding diaryl/α,β-unsaturated/α-hetero) is 1. The van der Waals surface area contributed by atoms with Crippen LogP contribution in [0.3, 0.4) is 0 Å². The normalized spacial score (nSPS) is 10.2. The lowest BCUT2D eigenvalue weighted by Gasteiger charge is -2.05. The third kappa shape index (κ3) is 1.74. The first-order valence-electron chi connectivity index (χ1n) is 4.52. The maximum Gasteiger partial charge on any atom is 0.163 e.